The van der Waals surface area contributed by atoms with E-state index in [2.05, 4.69) is 32.6 Å². The number of hydrogen-bond acceptors (Lipinski definition) is 4. The maximum absolute atomic E-state index is 5.49. The van der Waals surface area contributed by atoms with E-state index in [1.807, 2.05) is 43.3 Å². The molecule has 0 aliphatic rings. The van der Waals surface area contributed by atoms with Gasteiger partial charge in [0.05, 0.1) is 0 Å². The molecule has 0 aliphatic heterocycles. The van der Waals surface area contributed by atoms with E-state index < -0.39 is 0 Å². The minimum atomic E-state index is 0.650. The van der Waals surface area contributed by atoms with Crippen LogP contribution in [-0.2, 0) is 0 Å². The molecular weight excluding hydrogens is 367 g/mol. The molecule has 4 nitrogen and oxygen atoms in total. The van der Waals surface area contributed by atoms with Crippen LogP contribution in [0.2, 0.25) is 0 Å². The fourth-order valence-corrected chi connectivity index (χ4v) is 2.80. The lowest BCUT2D eigenvalue weighted by atomic mass is 10.0. The van der Waals surface area contributed by atoms with Crippen molar-refractivity contribution in [1.29, 1.82) is 0 Å². The first kappa shape index (κ1) is 11.9. The first-order valence-corrected chi connectivity index (χ1v) is 7.20. The summed E-state index contributed by atoms with van der Waals surface area (Å²) in [5.41, 5.74) is 5.52. The average Bonchev–Trinajstić information content (AvgIpc) is 2.97. The van der Waals surface area contributed by atoms with Crippen molar-refractivity contribution in [3.63, 3.8) is 0 Å². The van der Waals surface area contributed by atoms with E-state index in [0.29, 0.717) is 9.79 Å². The second-order valence-corrected chi connectivity index (χ2v) is 5.49. The summed E-state index contributed by atoms with van der Waals surface area (Å²) >= 11 is 2.07. The van der Waals surface area contributed by atoms with Crippen molar-refractivity contribution in [2.45, 2.75) is 6.92 Å². The molecule has 4 aromatic rings. The Morgan fingerprint density at radius 2 is 1.45 bits per heavy atom. The molecule has 5 heteroatoms. The van der Waals surface area contributed by atoms with Gasteiger partial charge in [0.25, 0.3) is 3.90 Å². The van der Waals surface area contributed by atoms with Gasteiger partial charge in [-0.3, -0.25) is 0 Å². The van der Waals surface area contributed by atoms with Crippen LogP contribution >= 0.6 is 22.6 Å². The first-order chi connectivity index (χ1) is 9.69. The summed E-state index contributed by atoms with van der Waals surface area (Å²) in [4.78, 5) is 8.72. The average molecular weight is 376 g/mol. The van der Waals surface area contributed by atoms with Crippen LogP contribution in [0.3, 0.4) is 0 Å². The number of fused-ring (bicyclic) bond motifs is 2. The summed E-state index contributed by atoms with van der Waals surface area (Å²) in [5.74, 6) is 0.679. The molecule has 2 aromatic heterocycles. The van der Waals surface area contributed by atoms with Gasteiger partial charge in [0.15, 0.2) is 17.1 Å². The predicted octanol–water partition coefficient (Wildman–Crippen LogP) is 4.55. The van der Waals surface area contributed by atoms with Gasteiger partial charge >= 0.3 is 0 Å². The Balaban J connectivity index is 1.90. The second-order valence-electron chi connectivity index (χ2n) is 4.56. The number of nitrogens with zero attached hydrogens (tertiary/aromatic N) is 2. The van der Waals surface area contributed by atoms with Gasteiger partial charge in [-0.15, -0.1) is 0 Å². The summed E-state index contributed by atoms with van der Waals surface area (Å²) in [6.45, 7) is 1.85. The molecular formula is C15H9IN2O2. The second kappa shape index (κ2) is 4.31. The maximum Gasteiger partial charge on any atom is 0.258 e. The van der Waals surface area contributed by atoms with Crippen molar-refractivity contribution >= 4 is 44.8 Å². The maximum atomic E-state index is 5.49. The minimum absolute atomic E-state index is 0.650. The monoisotopic (exact) mass is 376 g/mol. The highest BCUT2D eigenvalue weighted by molar-refractivity contribution is 14.1. The van der Waals surface area contributed by atoms with Gasteiger partial charge in [-0.25, -0.2) is 9.97 Å². The SMILES string of the molecule is Cc1nc2cc(-c3ccc4oc(I)nc4c3)ccc2o1. The Hall–Kier alpha value is -1.89. The third-order valence-electron chi connectivity index (χ3n) is 3.19. The predicted molar refractivity (Wildman–Crippen MR) is 84.5 cm³/mol. The van der Waals surface area contributed by atoms with E-state index in [0.717, 1.165) is 33.3 Å². The molecule has 0 atom stereocenters. The van der Waals surface area contributed by atoms with E-state index in [-0.39, 0.29) is 0 Å². The van der Waals surface area contributed by atoms with Gasteiger partial charge in [0, 0.05) is 29.5 Å². The van der Waals surface area contributed by atoms with Gasteiger partial charge < -0.3 is 8.83 Å². The van der Waals surface area contributed by atoms with E-state index >= 15 is 0 Å². The van der Waals surface area contributed by atoms with Crippen molar-refractivity contribution < 1.29 is 8.83 Å². The molecule has 4 rings (SSSR count). The number of oxazole rings is 2. The van der Waals surface area contributed by atoms with Crippen LogP contribution in [-0.4, -0.2) is 9.97 Å². The van der Waals surface area contributed by atoms with Crippen LogP contribution in [0.25, 0.3) is 33.3 Å². The zero-order chi connectivity index (χ0) is 13.7. The first-order valence-electron chi connectivity index (χ1n) is 6.13. The van der Waals surface area contributed by atoms with Crippen molar-refractivity contribution in [1.82, 2.24) is 9.97 Å². The molecule has 0 aliphatic carbocycles. The summed E-state index contributed by atoms with van der Waals surface area (Å²) in [6, 6.07) is 12.0. The summed E-state index contributed by atoms with van der Waals surface area (Å²) in [7, 11) is 0. The van der Waals surface area contributed by atoms with E-state index in [1.165, 1.54) is 0 Å². The normalized spacial score (nSPS) is 11.5. The van der Waals surface area contributed by atoms with Crippen LogP contribution in [0.5, 0.6) is 0 Å². The fraction of sp³-hybridized carbons (Fsp3) is 0.0667. The number of aryl methyl sites for hydroxylation is 1. The largest absolute Gasteiger partial charge is 0.441 e. The van der Waals surface area contributed by atoms with Crippen LogP contribution in [0.4, 0.5) is 0 Å². The quantitative estimate of drug-likeness (QED) is 0.458. The molecule has 0 saturated heterocycles. The van der Waals surface area contributed by atoms with Gasteiger partial charge in [-0.1, -0.05) is 12.1 Å². The Kier molecular flexibility index (Phi) is 2.56. The topological polar surface area (TPSA) is 52.1 Å². The molecule has 0 fully saturated rings. The van der Waals surface area contributed by atoms with E-state index in [1.54, 1.807) is 0 Å². The number of rotatable bonds is 1. The molecule has 0 N–H and O–H groups in total. The number of halogens is 1. The fourth-order valence-electron chi connectivity index (χ4n) is 2.30. The smallest absolute Gasteiger partial charge is 0.258 e. The van der Waals surface area contributed by atoms with E-state index in [4.69, 9.17) is 8.83 Å². The Bertz CT molecular complexity index is 862. The highest BCUT2D eigenvalue weighted by Crippen LogP contribution is 2.28. The summed E-state index contributed by atoms with van der Waals surface area (Å²) in [5, 5.41) is 0. The molecule has 2 aromatic carbocycles. The van der Waals surface area contributed by atoms with Crippen molar-refractivity contribution in [3.8, 4) is 11.1 Å². The number of aromatic nitrogens is 2. The molecule has 0 bridgehead atoms. The van der Waals surface area contributed by atoms with Gasteiger partial charge in [-0.2, -0.15) is 0 Å². The molecule has 0 amide bonds. The van der Waals surface area contributed by atoms with Crippen LogP contribution in [0.1, 0.15) is 5.89 Å². The lowest BCUT2D eigenvalue weighted by Crippen LogP contribution is -1.79. The molecule has 0 saturated carbocycles. The molecule has 20 heavy (non-hydrogen) atoms. The lowest BCUT2D eigenvalue weighted by Gasteiger charge is -2.00. The Morgan fingerprint density at radius 1 is 0.850 bits per heavy atom. The molecule has 0 spiro atoms. The molecule has 2 heterocycles. The van der Waals surface area contributed by atoms with Crippen molar-refractivity contribution in [3.05, 3.63) is 46.2 Å². The van der Waals surface area contributed by atoms with Crippen LogP contribution in [0.15, 0.2) is 45.2 Å². The van der Waals surface area contributed by atoms with Crippen molar-refractivity contribution in [2.24, 2.45) is 0 Å². The highest BCUT2D eigenvalue weighted by Gasteiger charge is 2.08. The summed E-state index contributed by atoms with van der Waals surface area (Å²) in [6.07, 6.45) is 0. The van der Waals surface area contributed by atoms with E-state index in [9.17, 15) is 0 Å². The van der Waals surface area contributed by atoms with Gasteiger partial charge in [0.2, 0.25) is 0 Å². The van der Waals surface area contributed by atoms with Crippen molar-refractivity contribution in [2.75, 3.05) is 0 Å². The standard InChI is InChI=1S/C15H9IN2O2/c1-8-17-11-6-9(2-4-13(11)19-8)10-3-5-14-12(7-10)18-15(16)20-14/h2-7H,1H3. The van der Waals surface area contributed by atoms with Crippen LogP contribution < -0.4 is 0 Å². The zero-order valence-electron chi connectivity index (χ0n) is 10.6. The third kappa shape index (κ3) is 1.89. The number of benzene rings is 2. The molecule has 98 valence electrons. The lowest BCUT2D eigenvalue weighted by molar-refractivity contribution is 0.561. The highest BCUT2D eigenvalue weighted by atomic mass is 127. The van der Waals surface area contributed by atoms with Crippen LogP contribution in [0, 0.1) is 10.8 Å². The van der Waals surface area contributed by atoms with Gasteiger partial charge in [0.1, 0.15) is 11.0 Å². The number of hydrogen-bond donors (Lipinski definition) is 0. The van der Waals surface area contributed by atoms with Gasteiger partial charge in [-0.05, 0) is 35.4 Å². The Labute approximate surface area is 128 Å². The summed E-state index contributed by atoms with van der Waals surface area (Å²) < 4.78 is 11.6. The third-order valence-corrected chi connectivity index (χ3v) is 3.65. The Morgan fingerprint density at radius 3 is 2.15 bits per heavy atom. The molecule has 0 unspecified atom stereocenters. The molecule has 0 radical (unpaired) electrons. The minimum Gasteiger partial charge on any atom is -0.441 e. The zero-order valence-corrected chi connectivity index (χ0v) is 12.7.